The van der Waals surface area contributed by atoms with Crippen LogP contribution in [0.25, 0.3) is 0 Å². The van der Waals surface area contributed by atoms with Gasteiger partial charge in [0, 0.05) is 18.0 Å². The molecule has 0 heterocycles. The van der Waals surface area contributed by atoms with E-state index in [0.717, 1.165) is 29.0 Å². The van der Waals surface area contributed by atoms with Crippen LogP contribution in [0.1, 0.15) is 24.0 Å². The molecule has 2 aromatic carbocycles. The fourth-order valence-corrected chi connectivity index (χ4v) is 2.80. The molecule has 0 saturated carbocycles. The Bertz CT molecular complexity index is 673. The van der Waals surface area contributed by atoms with Crippen LogP contribution in [0.5, 0.6) is 0 Å². The van der Waals surface area contributed by atoms with Gasteiger partial charge in [-0.05, 0) is 48.6 Å². The molecule has 2 rings (SSSR count). The molecule has 0 bridgehead atoms. The highest BCUT2D eigenvalue weighted by Crippen LogP contribution is 2.23. The van der Waals surface area contributed by atoms with Gasteiger partial charge in [0.25, 0.3) is 0 Å². The van der Waals surface area contributed by atoms with Gasteiger partial charge < -0.3 is 5.32 Å². The predicted octanol–water partition coefficient (Wildman–Crippen LogP) is 5.33. The zero-order valence-electron chi connectivity index (χ0n) is 12.6. The highest BCUT2D eigenvalue weighted by Gasteiger charge is 2.05. The van der Waals surface area contributed by atoms with Crippen LogP contribution in [-0.2, 0) is 17.6 Å². The summed E-state index contributed by atoms with van der Waals surface area (Å²) in [5.41, 5.74) is 2.12. The number of rotatable bonds is 7. The van der Waals surface area contributed by atoms with Gasteiger partial charge in [0.1, 0.15) is 0 Å². The summed E-state index contributed by atoms with van der Waals surface area (Å²) in [7, 11) is 0. The Balaban J connectivity index is 1.67. The minimum Gasteiger partial charge on any atom is -0.356 e. The van der Waals surface area contributed by atoms with E-state index < -0.39 is 0 Å². The van der Waals surface area contributed by atoms with Gasteiger partial charge in [0.05, 0.1) is 10.0 Å². The van der Waals surface area contributed by atoms with Crippen molar-refractivity contribution in [1.29, 1.82) is 0 Å². The number of amides is 1. The van der Waals surface area contributed by atoms with E-state index in [-0.39, 0.29) is 5.91 Å². The second-order valence-corrected chi connectivity index (χ2v) is 6.51. The number of benzene rings is 2. The molecule has 0 aliphatic carbocycles. The first-order valence-electron chi connectivity index (χ1n) is 7.50. The Morgan fingerprint density at radius 1 is 0.913 bits per heavy atom. The van der Waals surface area contributed by atoms with Crippen LogP contribution in [0.2, 0.25) is 15.1 Å². The van der Waals surface area contributed by atoms with E-state index in [0.29, 0.717) is 29.4 Å². The van der Waals surface area contributed by atoms with Crippen molar-refractivity contribution < 1.29 is 4.79 Å². The average Bonchev–Trinajstić information content (AvgIpc) is 2.54. The highest BCUT2D eigenvalue weighted by atomic mass is 35.5. The molecule has 1 N–H and O–H groups in total. The largest absolute Gasteiger partial charge is 0.356 e. The lowest BCUT2D eigenvalue weighted by Gasteiger charge is -2.07. The van der Waals surface area contributed by atoms with Gasteiger partial charge in [0.15, 0.2) is 0 Å². The van der Waals surface area contributed by atoms with Gasteiger partial charge >= 0.3 is 0 Å². The van der Waals surface area contributed by atoms with Crippen LogP contribution in [-0.4, -0.2) is 12.5 Å². The summed E-state index contributed by atoms with van der Waals surface area (Å²) in [6.45, 7) is 0.644. The van der Waals surface area contributed by atoms with Crippen molar-refractivity contribution in [2.45, 2.75) is 25.7 Å². The van der Waals surface area contributed by atoms with E-state index in [9.17, 15) is 4.79 Å². The molecular formula is C18H18Cl3NO. The van der Waals surface area contributed by atoms with Gasteiger partial charge in [-0.25, -0.2) is 0 Å². The third-order valence-electron chi connectivity index (χ3n) is 3.53. The summed E-state index contributed by atoms with van der Waals surface area (Å²) in [4.78, 5) is 11.9. The maximum Gasteiger partial charge on any atom is 0.220 e. The number of aryl methyl sites for hydroxylation is 2. The van der Waals surface area contributed by atoms with Crippen LogP contribution < -0.4 is 5.32 Å². The van der Waals surface area contributed by atoms with Crippen molar-refractivity contribution in [3.05, 3.63) is 68.7 Å². The Hall–Kier alpha value is -1.22. The topological polar surface area (TPSA) is 29.1 Å². The first-order valence-corrected chi connectivity index (χ1v) is 8.63. The fraction of sp³-hybridized carbons (Fsp3) is 0.278. The standard InChI is InChI=1S/C18H18Cl3NO/c19-15-6-2-1-4-14(15)5-3-11-22-18(23)10-8-13-7-9-16(20)17(21)12-13/h1-2,4,6-7,9,12H,3,5,8,10-11H2,(H,22,23). The Labute approximate surface area is 151 Å². The molecule has 23 heavy (non-hydrogen) atoms. The minimum atomic E-state index is 0.0373. The van der Waals surface area contributed by atoms with Crippen LogP contribution in [0, 0.1) is 0 Å². The second-order valence-electron chi connectivity index (χ2n) is 5.29. The predicted molar refractivity (Wildman–Crippen MR) is 97.6 cm³/mol. The molecule has 0 saturated heterocycles. The first kappa shape index (κ1) is 18.1. The summed E-state index contributed by atoms with van der Waals surface area (Å²) >= 11 is 17.9. The van der Waals surface area contributed by atoms with Gasteiger partial charge in [-0.3, -0.25) is 4.79 Å². The quantitative estimate of drug-likeness (QED) is 0.656. The smallest absolute Gasteiger partial charge is 0.220 e. The summed E-state index contributed by atoms with van der Waals surface area (Å²) in [6, 6.07) is 13.2. The Kier molecular flexibility index (Phi) is 7.22. The van der Waals surface area contributed by atoms with Crippen LogP contribution in [0.3, 0.4) is 0 Å². The molecule has 122 valence electrons. The molecule has 0 spiro atoms. The van der Waals surface area contributed by atoms with Crippen LogP contribution in [0.15, 0.2) is 42.5 Å². The van der Waals surface area contributed by atoms with E-state index in [1.807, 2.05) is 30.3 Å². The molecule has 2 aromatic rings. The Morgan fingerprint density at radius 3 is 2.43 bits per heavy atom. The molecule has 1 amide bonds. The molecule has 0 atom stereocenters. The second kappa shape index (κ2) is 9.17. The molecule has 5 heteroatoms. The normalized spacial score (nSPS) is 10.6. The van der Waals surface area contributed by atoms with Gasteiger partial charge in [-0.15, -0.1) is 0 Å². The zero-order valence-corrected chi connectivity index (χ0v) is 14.9. The number of nitrogens with one attached hydrogen (secondary N) is 1. The number of carbonyl (C=O) groups excluding carboxylic acids is 1. The molecule has 0 fully saturated rings. The minimum absolute atomic E-state index is 0.0373. The highest BCUT2D eigenvalue weighted by molar-refractivity contribution is 6.42. The zero-order chi connectivity index (χ0) is 16.7. The van der Waals surface area contributed by atoms with E-state index in [4.69, 9.17) is 34.8 Å². The molecule has 0 aliphatic rings. The van der Waals surface area contributed by atoms with Crippen molar-refractivity contribution in [1.82, 2.24) is 5.32 Å². The van der Waals surface area contributed by atoms with Crippen LogP contribution >= 0.6 is 34.8 Å². The molecule has 0 radical (unpaired) electrons. The van der Waals surface area contributed by atoms with Crippen molar-refractivity contribution in [3.63, 3.8) is 0 Å². The van der Waals surface area contributed by atoms with E-state index in [1.165, 1.54) is 0 Å². The lowest BCUT2D eigenvalue weighted by Crippen LogP contribution is -2.25. The summed E-state index contributed by atoms with van der Waals surface area (Å²) in [5, 5.41) is 4.75. The molecule has 0 unspecified atom stereocenters. The van der Waals surface area contributed by atoms with Crippen molar-refractivity contribution in [2.75, 3.05) is 6.54 Å². The molecule has 2 nitrogen and oxygen atoms in total. The third-order valence-corrected chi connectivity index (χ3v) is 4.64. The van der Waals surface area contributed by atoms with Crippen molar-refractivity contribution in [2.24, 2.45) is 0 Å². The number of carbonyl (C=O) groups is 1. The molecule has 0 aliphatic heterocycles. The maximum absolute atomic E-state index is 11.9. The lowest BCUT2D eigenvalue weighted by atomic mass is 10.1. The summed E-state index contributed by atoms with van der Waals surface area (Å²) in [5.74, 6) is 0.0373. The molecule has 0 aromatic heterocycles. The van der Waals surface area contributed by atoms with Gasteiger partial charge in [-0.1, -0.05) is 59.1 Å². The summed E-state index contributed by atoms with van der Waals surface area (Å²) < 4.78 is 0. The number of hydrogen-bond acceptors (Lipinski definition) is 1. The average molecular weight is 371 g/mol. The third kappa shape index (κ3) is 6.06. The van der Waals surface area contributed by atoms with Gasteiger partial charge in [0.2, 0.25) is 5.91 Å². The van der Waals surface area contributed by atoms with E-state index >= 15 is 0 Å². The van der Waals surface area contributed by atoms with Crippen molar-refractivity contribution >= 4 is 40.7 Å². The SMILES string of the molecule is O=C(CCc1ccc(Cl)c(Cl)c1)NCCCc1ccccc1Cl. The number of hydrogen-bond donors (Lipinski definition) is 1. The van der Waals surface area contributed by atoms with Gasteiger partial charge in [-0.2, -0.15) is 0 Å². The van der Waals surface area contributed by atoms with E-state index in [1.54, 1.807) is 12.1 Å². The maximum atomic E-state index is 11.9. The first-order chi connectivity index (χ1) is 11.1. The summed E-state index contributed by atoms with van der Waals surface area (Å²) in [6.07, 6.45) is 2.80. The number of halogens is 3. The van der Waals surface area contributed by atoms with Crippen molar-refractivity contribution in [3.8, 4) is 0 Å². The fourth-order valence-electron chi connectivity index (χ4n) is 2.25. The van der Waals surface area contributed by atoms with E-state index in [2.05, 4.69) is 5.32 Å². The monoisotopic (exact) mass is 369 g/mol. The molecular weight excluding hydrogens is 353 g/mol. The van der Waals surface area contributed by atoms with Crippen LogP contribution in [0.4, 0.5) is 0 Å². The lowest BCUT2D eigenvalue weighted by molar-refractivity contribution is -0.121. The Morgan fingerprint density at radius 2 is 1.70 bits per heavy atom.